The summed E-state index contributed by atoms with van der Waals surface area (Å²) >= 11 is 0. The fourth-order valence-corrected chi connectivity index (χ4v) is 2.23. The largest absolute Gasteiger partial charge is 0.471 e. The third-order valence-corrected chi connectivity index (χ3v) is 3.50. The van der Waals surface area contributed by atoms with Crippen molar-refractivity contribution < 1.29 is 23.4 Å². The average Bonchev–Trinajstić information content (AvgIpc) is 2.50. The highest BCUT2D eigenvalue weighted by atomic mass is 19.3. The predicted octanol–water partition coefficient (Wildman–Crippen LogP) is 2.50. The van der Waals surface area contributed by atoms with E-state index in [1.165, 1.54) is 18.3 Å². The van der Waals surface area contributed by atoms with Crippen molar-refractivity contribution in [3.63, 3.8) is 0 Å². The van der Waals surface area contributed by atoms with Gasteiger partial charge in [0.25, 0.3) is 12.3 Å². The van der Waals surface area contributed by atoms with Gasteiger partial charge >= 0.3 is 0 Å². The molecule has 0 radical (unpaired) electrons. The highest BCUT2D eigenvalue weighted by molar-refractivity contribution is 5.96. The van der Waals surface area contributed by atoms with Crippen LogP contribution in [0, 0.1) is 11.3 Å². The van der Waals surface area contributed by atoms with Crippen LogP contribution in [0.25, 0.3) is 0 Å². The molecule has 1 aromatic heterocycles. The minimum Gasteiger partial charge on any atom is -0.471 e. The van der Waals surface area contributed by atoms with E-state index in [4.69, 9.17) is 4.74 Å². The molecule has 1 rings (SSSR count). The van der Waals surface area contributed by atoms with Crippen LogP contribution in [0.2, 0.25) is 0 Å². The van der Waals surface area contributed by atoms with E-state index in [2.05, 4.69) is 10.3 Å². The number of nitrogens with one attached hydrogen (secondary N) is 1. The molecule has 0 saturated heterocycles. The van der Waals surface area contributed by atoms with E-state index in [0.717, 1.165) is 0 Å². The zero-order valence-electron chi connectivity index (χ0n) is 13.8. The van der Waals surface area contributed by atoms with Crippen molar-refractivity contribution in [1.82, 2.24) is 10.3 Å². The summed E-state index contributed by atoms with van der Waals surface area (Å²) in [5.74, 6) is -0.566. The summed E-state index contributed by atoms with van der Waals surface area (Å²) in [6.45, 7) is 6.88. The van der Waals surface area contributed by atoms with Crippen molar-refractivity contribution in [2.45, 2.75) is 40.2 Å². The molecule has 130 valence electrons. The highest BCUT2D eigenvalue weighted by Crippen LogP contribution is 2.25. The van der Waals surface area contributed by atoms with Crippen LogP contribution in [-0.2, 0) is 0 Å². The van der Waals surface area contributed by atoms with E-state index < -0.39 is 30.5 Å². The topological polar surface area (TPSA) is 71.5 Å². The molecule has 1 atom stereocenters. The molecular formula is C16H24F2N2O3. The maximum Gasteiger partial charge on any atom is 0.272 e. The summed E-state index contributed by atoms with van der Waals surface area (Å²) in [7, 11) is 0. The fraction of sp³-hybridized carbons (Fsp3) is 0.625. The van der Waals surface area contributed by atoms with Gasteiger partial charge in [0.1, 0.15) is 5.56 Å². The quantitative estimate of drug-likeness (QED) is 0.768. The van der Waals surface area contributed by atoms with Gasteiger partial charge in [0.2, 0.25) is 5.88 Å². The van der Waals surface area contributed by atoms with Gasteiger partial charge in [-0.05, 0) is 18.1 Å². The molecule has 0 aliphatic heterocycles. The summed E-state index contributed by atoms with van der Waals surface area (Å²) in [6, 6.07) is 2.98. The number of nitrogens with zero attached hydrogens (tertiary/aromatic N) is 1. The van der Waals surface area contributed by atoms with E-state index in [0.29, 0.717) is 0 Å². The fourth-order valence-electron chi connectivity index (χ4n) is 2.23. The molecule has 0 spiro atoms. The van der Waals surface area contributed by atoms with E-state index in [9.17, 15) is 18.7 Å². The number of aliphatic hydroxyl groups is 1. The zero-order chi connectivity index (χ0) is 17.6. The number of hydrogen-bond donors (Lipinski definition) is 2. The number of pyridine rings is 1. The second-order valence-corrected chi connectivity index (χ2v) is 6.42. The van der Waals surface area contributed by atoms with Crippen molar-refractivity contribution in [1.29, 1.82) is 0 Å². The highest BCUT2D eigenvalue weighted by Gasteiger charge is 2.31. The Morgan fingerprint density at radius 2 is 2.09 bits per heavy atom. The van der Waals surface area contributed by atoms with Gasteiger partial charge in [-0.15, -0.1) is 0 Å². The minimum atomic E-state index is -2.65. The third kappa shape index (κ3) is 5.74. The van der Waals surface area contributed by atoms with Crippen molar-refractivity contribution in [3.05, 3.63) is 23.9 Å². The number of aromatic nitrogens is 1. The van der Waals surface area contributed by atoms with Gasteiger partial charge in [0, 0.05) is 18.2 Å². The molecule has 1 amide bonds. The number of carbonyl (C=O) groups excluding carboxylic acids is 1. The molecule has 5 nitrogen and oxygen atoms in total. The number of rotatable bonds is 8. The van der Waals surface area contributed by atoms with Crippen LogP contribution >= 0.6 is 0 Å². The second-order valence-electron chi connectivity index (χ2n) is 6.42. The number of alkyl halides is 2. The SMILES string of the molecule is CC(C)C(O)C(C)(C)CNC(=O)c1cccnc1OCC(F)F. The van der Waals surface area contributed by atoms with E-state index >= 15 is 0 Å². The van der Waals surface area contributed by atoms with Crippen molar-refractivity contribution in [2.75, 3.05) is 13.2 Å². The smallest absolute Gasteiger partial charge is 0.272 e. The minimum absolute atomic E-state index is 0.0465. The molecule has 1 heterocycles. The number of carbonyl (C=O) groups is 1. The van der Waals surface area contributed by atoms with Crippen molar-refractivity contribution in [3.8, 4) is 5.88 Å². The molecule has 0 aliphatic rings. The van der Waals surface area contributed by atoms with Gasteiger partial charge in [-0.2, -0.15) is 0 Å². The van der Waals surface area contributed by atoms with Gasteiger partial charge in [0.05, 0.1) is 6.10 Å². The molecule has 0 saturated carbocycles. The molecule has 23 heavy (non-hydrogen) atoms. The van der Waals surface area contributed by atoms with E-state index in [1.807, 2.05) is 27.7 Å². The monoisotopic (exact) mass is 330 g/mol. The van der Waals surface area contributed by atoms with Gasteiger partial charge in [-0.25, -0.2) is 13.8 Å². The molecule has 2 N–H and O–H groups in total. The normalized spacial score (nSPS) is 13.3. The lowest BCUT2D eigenvalue weighted by Gasteiger charge is -2.33. The molecule has 1 aromatic rings. The third-order valence-electron chi connectivity index (χ3n) is 3.50. The second kappa shape index (κ2) is 8.19. The maximum atomic E-state index is 12.2. The first-order chi connectivity index (χ1) is 10.6. The molecule has 0 aromatic carbocycles. The van der Waals surface area contributed by atoms with Crippen LogP contribution in [0.1, 0.15) is 38.1 Å². The summed E-state index contributed by atoms with van der Waals surface area (Å²) in [5, 5.41) is 12.9. The van der Waals surface area contributed by atoms with Crippen molar-refractivity contribution >= 4 is 5.91 Å². The first-order valence-electron chi connectivity index (χ1n) is 7.47. The molecule has 0 bridgehead atoms. The Kier molecular flexibility index (Phi) is 6.87. The van der Waals surface area contributed by atoms with Gasteiger partial charge in [0.15, 0.2) is 6.61 Å². The molecule has 7 heteroatoms. The average molecular weight is 330 g/mol. The van der Waals surface area contributed by atoms with Gasteiger partial charge in [-0.1, -0.05) is 27.7 Å². The Labute approximate surface area is 135 Å². The predicted molar refractivity (Wildman–Crippen MR) is 82.7 cm³/mol. The summed E-state index contributed by atoms with van der Waals surface area (Å²) < 4.78 is 29.3. The lowest BCUT2D eigenvalue weighted by molar-refractivity contribution is 0.0137. The van der Waals surface area contributed by atoms with Gasteiger partial charge in [-0.3, -0.25) is 4.79 Å². The van der Waals surface area contributed by atoms with E-state index in [1.54, 1.807) is 0 Å². The van der Waals surface area contributed by atoms with Crippen LogP contribution in [-0.4, -0.2) is 41.7 Å². The lowest BCUT2D eigenvalue weighted by Crippen LogP contribution is -2.43. The van der Waals surface area contributed by atoms with Crippen LogP contribution in [0.4, 0.5) is 8.78 Å². The zero-order valence-corrected chi connectivity index (χ0v) is 13.8. The number of halogens is 2. The standard InChI is InChI=1S/C16H24F2N2O3/c1-10(2)13(21)16(3,4)9-20-14(22)11-6-5-7-19-15(11)23-8-12(17)18/h5-7,10,12-13,21H,8-9H2,1-4H3,(H,20,22). The Morgan fingerprint density at radius 1 is 1.43 bits per heavy atom. The Bertz CT molecular complexity index is 522. The first-order valence-corrected chi connectivity index (χ1v) is 7.47. The molecule has 0 fully saturated rings. The number of aliphatic hydroxyl groups excluding tert-OH is 1. The lowest BCUT2D eigenvalue weighted by atomic mass is 9.80. The Hall–Kier alpha value is -1.76. The summed E-state index contributed by atoms with van der Waals surface area (Å²) in [5.41, 5.74) is -0.446. The molecular weight excluding hydrogens is 306 g/mol. The first kappa shape index (κ1) is 19.3. The van der Waals surface area contributed by atoms with Gasteiger partial charge < -0.3 is 15.2 Å². The maximum absolute atomic E-state index is 12.2. The summed E-state index contributed by atoms with van der Waals surface area (Å²) in [6.07, 6.45) is -1.87. The van der Waals surface area contributed by atoms with Crippen LogP contribution in [0.3, 0.4) is 0 Å². The number of hydrogen-bond acceptors (Lipinski definition) is 4. The Balaban J connectivity index is 2.75. The molecule has 0 aliphatic carbocycles. The van der Waals surface area contributed by atoms with Crippen molar-refractivity contribution in [2.24, 2.45) is 11.3 Å². The number of ether oxygens (including phenoxy) is 1. The summed E-state index contributed by atoms with van der Waals surface area (Å²) in [4.78, 5) is 16.1. The van der Waals surface area contributed by atoms with Crippen LogP contribution in [0.5, 0.6) is 5.88 Å². The van der Waals surface area contributed by atoms with E-state index in [-0.39, 0.29) is 23.9 Å². The number of amides is 1. The van der Waals surface area contributed by atoms with Crippen LogP contribution in [0.15, 0.2) is 18.3 Å². The Morgan fingerprint density at radius 3 is 2.65 bits per heavy atom. The molecule has 1 unspecified atom stereocenters. The van der Waals surface area contributed by atoms with Crippen LogP contribution < -0.4 is 10.1 Å².